The van der Waals surface area contributed by atoms with Gasteiger partial charge in [-0.15, -0.1) is 11.3 Å². The van der Waals surface area contributed by atoms with Crippen LogP contribution in [0.5, 0.6) is 0 Å². The van der Waals surface area contributed by atoms with E-state index in [1.165, 1.54) is 4.88 Å². The summed E-state index contributed by atoms with van der Waals surface area (Å²) in [6, 6.07) is 4.12. The monoisotopic (exact) mass is 265 g/mol. The van der Waals surface area contributed by atoms with E-state index in [1.807, 2.05) is 13.0 Å². The van der Waals surface area contributed by atoms with Crippen LogP contribution in [0.25, 0.3) is 0 Å². The van der Waals surface area contributed by atoms with Gasteiger partial charge in [-0.05, 0) is 24.3 Å². The Bertz CT molecular complexity index is 468. The predicted molar refractivity (Wildman–Crippen MR) is 72.7 cm³/mol. The molecular weight excluding hydrogens is 246 g/mol. The summed E-state index contributed by atoms with van der Waals surface area (Å²) in [4.78, 5) is 5.72. The van der Waals surface area contributed by atoms with Gasteiger partial charge in [-0.2, -0.15) is 4.98 Å². The minimum absolute atomic E-state index is 0.0139. The van der Waals surface area contributed by atoms with Gasteiger partial charge in [0, 0.05) is 17.3 Å². The summed E-state index contributed by atoms with van der Waals surface area (Å²) in [6.07, 6.45) is 0.727. The van der Waals surface area contributed by atoms with Crippen molar-refractivity contribution >= 4 is 11.3 Å². The molecule has 0 aliphatic rings. The molecular formula is C13H19N3OS. The highest BCUT2D eigenvalue weighted by Gasteiger charge is 2.26. The SMILES string of the molecule is CC(C)C(c1nc(Cc2cccs2)no1)C(C)N. The largest absolute Gasteiger partial charge is 0.339 e. The maximum Gasteiger partial charge on any atom is 0.231 e. The maximum absolute atomic E-state index is 5.99. The fourth-order valence-corrected chi connectivity index (χ4v) is 2.86. The van der Waals surface area contributed by atoms with E-state index in [2.05, 4.69) is 35.4 Å². The normalized spacial score (nSPS) is 14.9. The second kappa shape index (κ2) is 5.63. The number of aromatic nitrogens is 2. The Morgan fingerprint density at radius 1 is 1.39 bits per heavy atom. The van der Waals surface area contributed by atoms with Gasteiger partial charge in [0.2, 0.25) is 5.89 Å². The predicted octanol–water partition coefficient (Wildman–Crippen LogP) is 2.81. The lowest BCUT2D eigenvalue weighted by Gasteiger charge is -2.20. The Balaban J connectivity index is 2.14. The standard InChI is InChI=1S/C13H19N3OS/c1-8(2)12(9(3)14)13-15-11(16-17-13)7-10-5-4-6-18-10/h4-6,8-9,12H,7,14H2,1-3H3. The first kappa shape index (κ1) is 13.2. The number of thiophene rings is 1. The lowest BCUT2D eigenvalue weighted by atomic mass is 9.90. The molecule has 0 radical (unpaired) electrons. The third kappa shape index (κ3) is 2.97. The number of nitrogens with zero attached hydrogens (tertiary/aromatic N) is 2. The zero-order valence-corrected chi connectivity index (χ0v) is 11.8. The van der Waals surface area contributed by atoms with Crippen molar-refractivity contribution in [2.45, 2.75) is 39.2 Å². The summed E-state index contributed by atoms with van der Waals surface area (Å²) in [5.41, 5.74) is 5.99. The van der Waals surface area contributed by atoms with Crippen molar-refractivity contribution in [3.05, 3.63) is 34.1 Å². The van der Waals surface area contributed by atoms with Crippen LogP contribution < -0.4 is 5.73 Å². The first-order chi connectivity index (χ1) is 8.58. The van der Waals surface area contributed by atoms with Crippen molar-refractivity contribution < 1.29 is 4.52 Å². The highest BCUT2D eigenvalue weighted by molar-refractivity contribution is 7.09. The van der Waals surface area contributed by atoms with Crippen LogP contribution in [0.4, 0.5) is 0 Å². The lowest BCUT2D eigenvalue weighted by Crippen LogP contribution is -2.28. The van der Waals surface area contributed by atoms with E-state index in [-0.39, 0.29) is 12.0 Å². The highest BCUT2D eigenvalue weighted by atomic mass is 32.1. The molecule has 2 heterocycles. The van der Waals surface area contributed by atoms with E-state index < -0.39 is 0 Å². The Hall–Kier alpha value is -1.20. The summed E-state index contributed by atoms with van der Waals surface area (Å²) < 4.78 is 5.36. The molecule has 2 aromatic heterocycles. The molecule has 0 saturated heterocycles. The molecule has 18 heavy (non-hydrogen) atoms. The molecule has 0 bridgehead atoms. The van der Waals surface area contributed by atoms with Crippen molar-refractivity contribution in [1.29, 1.82) is 0 Å². The fraction of sp³-hybridized carbons (Fsp3) is 0.538. The van der Waals surface area contributed by atoms with Crippen molar-refractivity contribution in [2.24, 2.45) is 11.7 Å². The van der Waals surface area contributed by atoms with Crippen LogP contribution in [0, 0.1) is 5.92 Å². The minimum atomic E-state index is 0.0139. The lowest BCUT2D eigenvalue weighted by molar-refractivity contribution is 0.298. The van der Waals surface area contributed by atoms with Crippen LogP contribution >= 0.6 is 11.3 Å². The Labute approximate surface area is 111 Å². The molecule has 2 unspecified atom stereocenters. The van der Waals surface area contributed by atoms with Gasteiger partial charge >= 0.3 is 0 Å². The highest BCUT2D eigenvalue weighted by Crippen LogP contribution is 2.26. The fourth-order valence-electron chi connectivity index (χ4n) is 2.16. The average molecular weight is 265 g/mol. The van der Waals surface area contributed by atoms with Gasteiger partial charge in [0.05, 0.1) is 5.92 Å². The van der Waals surface area contributed by atoms with Crippen LogP contribution in [0.1, 0.15) is 43.3 Å². The van der Waals surface area contributed by atoms with Gasteiger partial charge in [-0.3, -0.25) is 0 Å². The smallest absolute Gasteiger partial charge is 0.231 e. The second-order valence-electron chi connectivity index (χ2n) is 4.93. The molecule has 0 aromatic carbocycles. The summed E-state index contributed by atoms with van der Waals surface area (Å²) in [5, 5.41) is 6.09. The number of hydrogen-bond donors (Lipinski definition) is 1. The quantitative estimate of drug-likeness (QED) is 0.902. The van der Waals surface area contributed by atoms with Crippen LogP contribution in [-0.2, 0) is 6.42 Å². The Kier molecular flexibility index (Phi) is 4.14. The molecule has 5 heteroatoms. The second-order valence-corrected chi connectivity index (χ2v) is 5.97. The van der Waals surface area contributed by atoms with E-state index >= 15 is 0 Å². The minimum Gasteiger partial charge on any atom is -0.339 e. The van der Waals surface area contributed by atoms with Crippen LogP contribution in [-0.4, -0.2) is 16.2 Å². The zero-order valence-electron chi connectivity index (χ0n) is 11.0. The number of nitrogens with two attached hydrogens (primary N) is 1. The molecule has 0 fully saturated rings. The summed E-state index contributed by atoms with van der Waals surface area (Å²) in [5.74, 6) is 1.90. The van der Waals surface area contributed by atoms with Gasteiger partial charge in [0.25, 0.3) is 0 Å². The van der Waals surface area contributed by atoms with E-state index in [1.54, 1.807) is 11.3 Å². The molecule has 0 aliphatic heterocycles. The van der Waals surface area contributed by atoms with E-state index in [0.717, 1.165) is 12.2 Å². The van der Waals surface area contributed by atoms with Gasteiger partial charge < -0.3 is 10.3 Å². The Morgan fingerprint density at radius 2 is 2.17 bits per heavy atom. The molecule has 2 aromatic rings. The van der Waals surface area contributed by atoms with Crippen molar-refractivity contribution in [2.75, 3.05) is 0 Å². The van der Waals surface area contributed by atoms with E-state index in [0.29, 0.717) is 11.8 Å². The Morgan fingerprint density at radius 3 is 2.72 bits per heavy atom. The topological polar surface area (TPSA) is 64.9 Å². The van der Waals surface area contributed by atoms with Gasteiger partial charge in [0.1, 0.15) is 0 Å². The van der Waals surface area contributed by atoms with E-state index in [9.17, 15) is 0 Å². The molecule has 0 saturated carbocycles. The van der Waals surface area contributed by atoms with Crippen LogP contribution in [0.2, 0.25) is 0 Å². The summed E-state index contributed by atoms with van der Waals surface area (Å²) >= 11 is 1.70. The third-order valence-corrected chi connectivity index (χ3v) is 3.84. The van der Waals surface area contributed by atoms with Crippen LogP contribution in [0.3, 0.4) is 0 Å². The average Bonchev–Trinajstić information content (AvgIpc) is 2.90. The van der Waals surface area contributed by atoms with Gasteiger partial charge in [-0.1, -0.05) is 25.1 Å². The molecule has 0 spiro atoms. The van der Waals surface area contributed by atoms with Crippen molar-refractivity contribution in [1.82, 2.24) is 10.1 Å². The molecule has 98 valence electrons. The molecule has 2 N–H and O–H groups in total. The third-order valence-electron chi connectivity index (χ3n) is 2.97. The molecule has 2 rings (SSSR count). The van der Waals surface area contributed by atoms with Crippen molar-refractivity contribution in [3.63, 3.8) is 0 Å². The summed E-state index contributed by atoms with van der Waals surface area (Å²) in [6.45, 7) is 6.22. The van der Waals surface area contributed by atoms with E-state index in [4.69, 9.17) is 10.3 Å². The van der Waals surface area contributed by atoms with Gasteiger partial charge in [-0.25, -0.2) is 0 Å². The molecule has 0 aliphatic carbocycles. The first-order valence-corrected chi connectivity index (χ1v) is 7.06. The zero-order chi connectivity index (χ0) is 13.1. The van der Waals surface area contributed by atoms with Gasteiger partial charge in [0.15, 0.2) is 5.82 Å². The van der Waals surface area contributed by atoms with Crippen molar-refractivity contribution in [3.8, 4) is 0 Å². The number of hydrogen-bond acceptors (Lipinski definition) is 5. The number of rotatable bonds is 5. The van der Waals surface area contributed by atoms with Crippen LogP contribution in [0.15, 0.2) is 22.0 Å². The summed E-state index contributed by atoms with van der Waals surface area (Å²) in [7, 11) is 0. The molecule has 2 atom stereocenters. The molecule has 4 nitrogen and oxygen atoms in total. The molecule has 0 amide bonds. The first-order valence-electron chi connectivity index (χ1n) is 6.18. The maximum atomic E-state index is 5.99.